The summed E-state index contributed by atoms with van der Waals surface area (Å²) in [5, 5.41) is 13.1. The van der Waals surface area contributed by atoms with Gasteiger partial charge in [0, 0.05) is 6.04 Å². The van der Waals surface area contributed by atoms with Crippen LogP contribution in [-0.2, 0) is 6.54 Å². The Kier molecular flexibility index (Phi) is 5.31. The van der Waals surface area contributed by atoms with E-state index in [1.165, 1.54) is 22.5 Å². The molecule has 0 radical (unpaired) electrons. The summed E-state index contributed by atoms with van der Waals surface area (Å²) in [4.78, 5) is 0. The normalized spacial score (nSPS) is 11.4. The van der Waals surface area contributed by atoms with Gasteiger partial charge in [0.1, 0.15) is 10.8 Å². The molecule has 0 amide bonds. The first-order valence-corrected chi connectivity index (χ1v) is 8.11. The smallest absolute Gasteiger partial charge is 0.299 e. The van der Waals surface area contributed by atoms with Crippen molar-refractivity contribution in [3.8, 4) is 10.9 Å². The molecule has 0 aliphatic rings. The molecular formula is C16H23N3OS. The van der Waals surface area contributed by atoms with Crippen molar-refractivity contribution in [2.75, 3.05) is 0 Å². The van der Waals surface area contributed by atoms with E-state index in [0.29, 0.717) is 17.2 Å². The number of rotatable bonds is 6. The molecule has 0 fully saturated rings. The number of hydrogen-bond donors (Lipinski definition) is 1. The minimum Gasteiger partial charge on any atom is -0.430 e. The maximum Gasteiger partial charge on any atom is 0.299 e. The van der Waals surface area contributed by atoms with E-state index in [-0.39, 0.29) is 0 Å². The maximum absolute atomic E-state index is 5.80. The van der Waals surface area contributed by atoms with Crippen LogP contribution < -0.4 is 10.1 Å². The fourth-order valence-corrected chi connectivity index (χ4v) is 2.76. The van der Waals surface area contributed by atoms with E-state index in [1.54, 1.807) is 0 Å². The van der Waals surface area contributed by atoms with Gasteiger partial charge in [-0.3, -0.25) is 0 Å². The highest BCUT2D eigenvalue weighted by atomic mass is 32.1. The van der Waals surface area contributed by atoms with Gasteiger partial charge in [0.25, 0.3) is 5.19 Å². The van der Waals surface area contributed by atoms with E-state index in [4.69, 9.17) is 4.74 Å². The Balaban J connectivity index is 2.03. The molecule has 5 heteroatoms. The molecule has 0 aliphatic heterocycles. The number of aryl methyl sites for hydroxylation is 1. The molecule has 1 N–H and O–H groups in total. The second-order valence-corrected chi connectivity index (χ2v) is 6.80. The fourth-order valence-electron chi connectivity index (χ4n) is 2.10. The van der Waals surface area contributed by atoms with E-state index in [1.807, 2.05) is 6.07 Å². The fraction of sp³-hybridized carbons (Fsp3) is 0.500. The summed E-state index contributed by atoms with van der Waals surface area (Å²) in [6.45, 7) is 11.4. The van der Waals surface area contributed by atoms with Crippen LogP contribution in [0.25, 0.3) is 0 Å². The Hall–Kier alpha value is -1.46. The van der Waals surface area contributed by atoms with Gasteiger partial charge < -0.3 is 10.1 Å². The van der Waals surface area contributed by atoms with Crippen molar-refractivity contribution in [3.63, 3.8) is 0 Å². The number of aromatic nitrogens is 2. The molecule has 1 aromatic carbocycles. The third-order valence-electron chi connectivity index (χ3n) is 3.18. The van der Waals surface area contributed by atoms with Gasteiger partial charge in [-0.05, 0) is 36.1 Å². The number of benzene rings is 1. The lowest BCUT2D eigenvalue weighted by Gasteiger charge is -2.10. The first-order valence-electron chi connectivity index (χ1n) is 7.30. The lowest BCUT2D eigenvalue weighted by atomic mass is 9.98. The average Bonchev–Trinajstić information content (AvgIpc) is 2.83. The SMILES string of the molecule is Cc1cc(Oc2nnc(CNC(C)C)s2)ccc1C(C)C. The topological polar surface area (TPSA) is 47.0 Å². The Morgan fingerprint density at radius 3 is 2.57 bits per heavy atom. The van der Waals surface area contributed by atoms with Gasteiger partial charge in [-0.2, -0.15) is 0 Å². The van der Waals surface area contributed by atoms with Crippen LogP contribution in [-0.4, -0.2) is 16.2 Å². The molecule has 0 unspecified atom stereocenters. The summed E-state index contributed by atoms with van der Waals surface area (Å²) in [6, 6.07) is 6.61. The van der Waals surface area contributed by atoms with Crippen molar-refractivity contribution in [2.45, 2.75) is 53.1 Å². The van der Waals surface area contributed by atoms with Crippen molar-refractivity contribution in [2.24, 2.45) is 0 Å². The molecular weight excluding hydrogens is 282 g/mol. The van der Waals surface area contributed by atoms with Crippen LogP contribution in [0.5, 0.6) is 10.9 Å². The first-order chi connectivity index (χ1) is 9.95. The Morgan fingerprint density at radius 1 is 1.19 bits per heavy atom. The zero-order valence-corrected chi connectivity index (χ0v) is 14.1. The van der Waals surface area contributed by atoms with Gasteiger partial charge in [-0.15, -0.1) is 5.10 Å². The second kappa shape index (κ2) is 7.00. The van der Waals surface area contributed by atoms with Crippen molar-refractivity contribution in [3.05, 3.63) is 34.3 Å². The summed E-state index contributed by atoms with van der Waals surface area (Å²) in [5.74, 6) is 1.34. The molecule has 0 bridgehead atoms. The number of ether oxygens (including phenoxy) is 1. The second-order valence-electron chi connectivity index (χ2n) is 5.77. The van der Waals surface area contributed by atoms with Gasteiger partial charge in [0.15, 0.2) is 0 Å². The standard InChI is InChI=1S/C16H23N3OS/c1-10(2)14-7-6-13(8-12(14)5)20-16-19-18-15(21-16)9-17-11(3)4/h6-8,10-11,17H,9H2,1-5H3. The van der Waals surface area contributed by atoms with Crippen LogP contribution in [0.2, 0.25) is 0 Å². The minimum absolute atomic E-state index is 0.435. The molecule has 1 heterocycles. The number of nitrogens with one attached hydrogen (secondary N) is 1. The van der Waals surface area contributed by atoms with E-state index >= 15 is 0 Å². The zero-order chi connectivity index (χ0) is 15.4. The molecule has 21 heavy (non-hydrogen) atoms. The lowest BCUT2D eigenvalue weighted by molar-refractivity contribution is 0.472. The van der Waals surface area contributed by atoms with Crippen LogP contribution >= 0.6 is 11.3 Å². The van der Waals surface area contributed by atoms with Crippen LogP contribution in [0.15, 0.2) is 18.2 Å². The van der Waals surface area contributed by atoms with Crippen molar-refractivity contribution in [1.82, 2.24) is 15.5 Å². The highest BCUT2D eigenvalue weighted by molar-refractivity contribution is 7.13. The van der Waals surface area contributed by atoms with Gasteiger partial charge in [0.05, 0.1) is 6.54 Å². The van der Waals surface area contributed by atoms with Crippen molar-refractivity contribution in [1.29, 1.82) is 0 Å². The molecule has 0 aliphatic carbocycles. The van der Waals surface area contributed by atoms with Gasteiger partial charge in [-0.25, -0.2) is 0 Å². The molecule has 2 rings (SSSR count). The number of nitrogens with zero attached hydrogens (tertiary/aromatic N) is 2. The highest BCUT2D eigenvalue weighted by Gasteiger charge is 2.09. The lowest BCUT2D eigenvalue weighted by Crippen LogP contribution is -2.21. The number of hydrogen-bond acceptors (Lipinski definition) is 5. The molecule has 0 saturated heterocycles. The van der Waals surface area contributed by atoms with E-state index in [2.05, 4.69) is 62.3 Å². The van der Waals surface area contributed by atoms with Gasteiger partial charge in [-0.1, -0.05) is 50.2 Å². The largest absolute Gasteiger partial charge is 0.430 e. The van der Waals surface area contributed by atoms with Crippen LogP contribution in [0.1, 0.15) is 49.7 Å². The van der Waals surface area contributed by atoms with E-state index in [9.17, 15) is 0 Å². The molecule has 0 atom stereocenters. The van der Waals surface area contributed by atoms with Crippen LogP contribution in [0.4, 0.5) is 0 Å². The minimum atomic E-state index is 0.435. The predicted molar refractivity (Wildman–Crippen MR) is 87.2 cm³/mol. The third kappa shape index (κ3) is 4.51. The summed E-state index contributed by atoms with van der Waals surface area (Å²) in [5.41, 5.74) is 2.59. The highest BCUT2D eigenvalue weighted by Crippen LogP contribution is 2.28. The molecule has 0 saturated carbocycles. The monoisotopic (exact) mass is 305 g/mol. The van der Waals surface area contributed by atoms with E-state index in [0.717, 1.165) is 17.3 Å². The van der Waals surface area contributed by atoms with Crippen LogP contribution in [0, 0.1) is 6.92 Å². The Labute approximate surface area is 130 Å². The quantitative estimate of drug-likeness (QED) is 0.866. The molecule has 1 aromatic heterocycles. The van der Waals surface area contributed by atoms with Crippen LogP contribution in [0.3, 0.4) is 0 Å². The molecule has 2 aromatic rings. The van der Waals surface area contributed by atoms with Crippen molar-refractivity contribution < 1.29 is 4.74 Å². The maximum atomic E-state index is 5.80. The summed E-state index contributed by atoms with van der Waals surface area (Å²) in [6.07, 6.45) is 0. The average molecular weight is 305 g/mol. The Bertz CT molecular complexity index is 593. The predicted octanol–water partition coefficient (Wildman–Crippen LogP) is 4.26. The third-order valence-corrected chi connectivity index (χ3v) is 3.98. The zero-order valence-electron chi connectivity index (χ0n) is 13.3. The first kappa shape index (κ1) is 15.9. The van der Waals surface area contributed by atoms with Gasteiger partial charge in [0.2, 0.25) is 0 Å². The van der Waals surface area contributed by atoms with Crippen molar-refractivity contribution >= 4 is 11.3 Å². The summed E-state index contributed by atoms with van der Waals surface area (Å²) < 4.78 is 5.80. The summed E-state index contributed by atoms with van der Waals surface area (Å²) in [7, 11) is 0. The molecule has 4 nitrogen and oxygen atoms in total. The van der Waals surface area contributed by atoms with Gasteiger partial charge >= 0.3 is 0 Å². The van der Waals surface area contributed by atoms with E-state index < -0.39 is 0 Å². The molecule has 0 spiro atoms. The molecule has 114 valence electrons. The Morgan fingerprint density at radius 2 is 1.95 bits per heavy atom. The summed E-state index contributed by atoms with van der Waals surface area (Å²) >= 11 is 1.48.